The topological polar surface area (TPSA) is 62.3 Å². The molecule has 4 nitrogen and oxygen atoms in total. The Labute approximate surface area is 122 Å². The highest BCUT2D eigenvalue weighted by Crippen LogP contribution is 2.30. The van der Waals surface area contributed by atoms with E-state index in [4.69, 9.17) is 4.74 Å². The first-order valence-corrected chi connectivity index (χ1v) is 6.81. The van der Waals surface area contributed by atoms with Crippen molar-refractivity contribution in [3.63, 3.8) is 0 Å². The molecule has 1 heterocycles. The summed E-state index contributed by atoms with van der Waals surface area (Å²) in [5.41, 5.74) is 1.18. The van der Waals surface area contributed by atoms with Crippen molar-refractivity contribution in [3.8, 4) is 11.5 Å². The lowest BCUT2D eigenvalue weighted by Crippen LogP contribution is -2.25. The van der Waals surface area contributed by atoms with Crippen LogP contribution in [-0.4, -0.2) is 16.1 Å². The van der Waals surface area contributed by atoms with Crippen LogP contribution >= 0.6 is 0 Å². The van der Waals surface area contributed by atoms with Crippen LogP contribution in [0.5, 0.6) is 11.5 Å². The number of hydrogen-bond acceptors (Lipinski definition) is 3. The molecular weight excluding hydrogens is 266 g/mol. The number of benzene rings is 2. The number of ether oxygens (including phenoxy) is 1. The lowest BCUT2D eigenvalue weighted by molar-refractivity contribution is -0.142. The van der Waals surface area contributed by atoms with Crippen molar-refractivity contribution in [1.82, 2.24) is 4.98 Å². The van der Waals surface area contributed by atoms with E-state index in [0.29, 0.717) is 5.75 Å². The number of fused-ring (bicyclic) bond motifs is 3. The van der Waals surface area contributed by atoms with E-state index in [2.05, 4.69) is 4.98 Å². The Bertz CT molecular complexity index is 840. The molecule has 0 aliphatic carbocycles. The van der Waals surface area contributed by atoms with Crippen LogP contribution in [0.1, 0.15) is 20.8 Å². The lowest BCUT2D eigenvalue weighted by Gasteiger charge is -2.16. The quantitative estimate of drug-likeness (QED) is 0.524. The zero-order valence-electron chi connectivity index (χ0n) is 12.2. The highest BCUT2D eigenvalue weighted by Gasteiger charge is 2.23. The number of hydrogen-bond donors (Lipinski definition) is 2. The molecule has 0 unspecified atom stereocenters. The molecule has 108 valence electrons. The minimum absolute atomic E-state index is 0.216. The van der Waals surface area contributed by atoms with Crippen molar-refractivity contribution in [2.24, 2.45) is 5.41 Å². The summed E-state index contributed by atoms with van der Waals surface area (Å²) in [7, 11) is 0. The summed E-state index contributed by atoms with van der Waals surface area (Å²) in [6, 6.07) is 10.7. The third-order valence-corrected chi connectivity index (χ3v) is 3.38. The largest absolute Gasteiger partial charge is 0.508 e. The summed E-state index contributed by atoms with van der Waals surface area (Å²) >= 11 is 0. The molecular formula is C17H17NO3. The van der Waals surface area contributed by atoms with Crippen LogP contribution in [-0.2, 0) is 4.79 Å². The highest BCUT2D eigenvalue weighted by molar-refractivity contribution is 6.07. The van der Waals surface area contributed by atoms with E-state index in [1.165, 1.54) is 0 Å². The smallest absolute Gasteiger partial charge is 0.316 e. The van der Waals surface area contributed by atoms with Crippen LogP contribution in [0.3, 0.4) is 0 Å². The predicted molar refractivity (Wildman–Crippen MR) is 82.6 cm³/mol. The van der Waals surface area contributed by atoms with Gasteiger partial charge >= 0.3 is 5.97 Å². The van der Waals surface area contributed by atoms with E-state index < -0.39 is 5.41 Å². The van der Waals surface area contributed by atoms with Gasteiger partial charge in [0.25, 0.3) is 0 Å². The maximum absolute atomic E-state index is 11.9. The summed E-state index contributed by atoms with van der Waals surface area (Å²) in [5, 5.41) is 11.6. The zero-order valence-corrected chi connectivity index (χ0v) is 12.2. The predicted octanol–water partition coefficient (Wildman–Crippen LogP) is 3.98. The van der Waals surface area contributed by atoms with Crippen molar-refractivity contribution >= 4 is 27.8 Å². The first-order valence-electron chi connectivity index (χ1n) is 6.81. The van der Waals surface area contributed by atoms with Crippen LogP contribution in [0, 0.1) is 5.41 Å². The Morgan fingerprint density at radius 1 is 1.05 bits per heavy atom. The van der Waals surface area contributed by atoms with E-state index in [1.807, 2.05) is 32.9 Å². The van der Waals surface area contributed by atoms with Crippen molar-refractivity contribution < 1.29 is 14.6 Å². The maximum Gasteiger partial charge on any atom is 0.316 e. The van der Waals surface area contributed by atoms with Crippen LogP contribution < -0.4 is 4.74 Å². The van der Waals surface area contributed by atoms with Crippen LogP contribution in [0.15, 0.2) is 36.4 Å². The first kappa shape index (κ1) is 13.5. The van der Waals surface area contributed by atoms with Gasteiger partial charge in [-0.3, -0.25) is 4.79 Å². The fraction of sp³-hybridized carbons (Fsp3) is 0.235. The standard InChI is InChI=1S/C17H17NO3/c1-17(2,3)16(20)21-11-5-7-13-12-6-4-10(19)8-14(12)18-15(13)9-11/h4-9,18-19H,1-3H3. The van der Waals surface area contributed by atoms with Gasteiger partial charge in [-0.15, -0.1) is 0 Å². The number of rotatable bonds is 1. The van der Waals surface area contributed by atoms with Gasteiger partial charge in [-0.2, -0.15) is 0 Å². The number of nitrogens with one attached hydrogen (secondary N) is 1. The normalized spacial score (nSPS) is 12.0. The second-order valence-electron chi connectivity index (χ2n) is 6.20. The number of phenolic OH excluding ortho intramolecular Hbond substituents is 1. The molecule has 0 saturated carbocycles. The maximum atomic E-state index is 11.9. The molecule has 2 N–H and O–H groups in total. The molecule has 3 rings (SSSR count). The molecule has 0 aliphatic heterocycles. The van der Waals surface area contributed by atoms with Crippen molar-refractivity contribution in [2.75, 3.05) is 0 Å². The summed E-state index contributed by atoms with van der Waals surface area (Å²) in [5.74, 6) is 0.460. The number of aromatic nitrogens is 1. The van der Waals surface area contributed by atoms with E-state index in [-0.39, 0.29) is 11.7 Å². The first-order chi connectivity index (χ1) is 9.84. The second-order valence-corrected chi connectivity index (χ2v) is 6.20. The molecule has 0 saturated heterocycles. The van der Waals surface area contributed by atoms with Crippen molar-refractivity contribution in [1.29, 1.82) is 0 Å². The summed E-state index contributed by atoms with van der Waals surface area (Å²) in [4.78, 5) is 15.1. The van der Waals surface area contributed by atoms with E-state index in [0.717, 1.165) is 21.8 Å². The van der Waals surface area contributed by atoms with E-state index >= 15 is 0 Å². The number of carbonyl (C=O) groups excluding carboxylic acids is 1. The minimum atomic E-state index is -0.540. The highest BCUT2D eigenvalue weighted by atomic mass is 16.5. The van der Waals surface area contributed by atoms with Crippen LogP contribution in [0.2, 0.25) is 0 Å². The molecule has 0 bridgehead atoms. The van der Waals surface area contributed by atoms with E-state index in [9.17, 15) is 9.90 Å². The number of aromatic hydroxyl groups is 1. The van der Waals surface area contributed by atoms with Gasteiger partial charge in [0.2, 0.25) is 0 Å². The molecule has 0 atom stereocenters. The molecule has 21 heavy (non-hydrogen) atoms. The monoisotopic (exact) mass is 283 g/mol. The molecule has 0 amide bonds. The van der Waals surface area contributed by atoms with E-state index in [1.54, 1.807) is 24.3 Å². The number of phenols is 1. The average Bonchev–Trinajstić information content (AvgIpc) is 2.73. The Morgan fingerprint density at radius 2 is 1.67 bits per heavy atom. The summed E-state index contributed by atoms with van der Waals surface area (Å²) in [6.07, 6.45) is 0. The molecule has 0 radical (unpaired) electrons. The zero-order chi connectivity index (χ0) is 15.2. The molecule has 2 aromatic carbocycles. The number of carbonyl (C=O) groups is 1. The second kappa shape index (κ2) is 4.52. The molecule has 0 spiro atoms. The molecule has 0 aliphatic rings. The average molecular weight is 283 g/mol. The Balaban J connectivity index is 2.04. The lowest BCUT2D eigenvalue weighted by atomic mass is 9.97. The number of esters is 1. The molecule has 4 heteroatoms. The molecule has 1 aromatic heterocycles. The van der Waals surface area contributed by atoms with Crippen LogP contribution in [0.4, 0.5) is 0 Å². The fourth-order valence-electron chi connectivity index (χ4n) is 2.20. The van der Waals surface area contributed by atoms with Crippen molar-refractivity contribution in [2.45, 2.75) is 20.8 Å². The van der Waals surface area contributed by atoms with Gasteiger partial charge < -0.3 is 14.8 Å². The minimum Gasteiger partial charge on any atom is -0.508 e. The van der Waals surface area contributed by atoms with Gasteiger partial charge in [-0.25, -0.2) is 0 Å². The van der Waals surface area contributed by atoms with Gasteiger partial charge in [0.05, 0.1) is 16.4 Å². The van der Waals surface area contributed by atoms with Crippen LogP contribution in [0.25, 0.3) is 21.8 Å². The van der Waals surface area contributed by atoms with Gasteiger partial charge in [-0.05, 0) is 45.0 Å². The third kappa shape index (κ3) is 2.44. The summed E-state index contributed by atoms with van der Waals surface area (Å²) < 4.78 is 5.40. The fourth-order valence-corrected chi connectivity index (χ4v) is 2.20. The Kier molecular flexibility index (Phi) is 2.90. The molecule has 0 fully saturated rings. The Morgan fingerprint density at radius 3 is 2.33 bits per heavy atom. The molecule has 3 aromatic rings. The Hall–Kier alpha value is -2.49. The summed E-state index contributed by atoms with van der Waals surface area (Å²) in [6.45, 7) is 5.46. The SMILES string of the molecule is CC(C)(C)C(=O)Oc1ccc2c(c1)[nH]c1cc(O)ccc12. The number of H-pyrrole nitrogens is 1. The van der Waals surface area contributed by atoms with Gasteiger partial charge in [0, 0.05) is 22.9 Å². The van der Waals surface area contributed by atoms with Gasteiger partial charge in [-0.1, -0.05) is 0 Å². The van der Waals surface area contributed by atoms with Crippen molar-refractivity contribution in [3.05, 3.63) is 36.4 Å². The van der Waals surface area contributed by atoms with Gasteiger partial charge in [0.1, 0.15) is 11.5 Å². The van der Waals surface area contributed by atoms with Gasteiger partial charge in [0.15, 0.2) is 0 Å². The third-order valence-electron chi connectivity index (χ3n) is 3.38. The number of aromatic amines is 1.